The molecular weight excluding hydrogens is 224 g/mol. The first kappa shape index (κ1) is 10.8. The van der Waals surface area contributed by atoms with Crippen LogP contribution in [-0.4, -0.2) is 14.5 Å². The molecule has 2 N–H and O–H groups in total. The second-order valence-electron chi connectivity index (χ2n) is 4.38. The van der Waals surface area contributed by atoms with Gasteiger partial charge in [-0.05, 0) is 49.7 Å². The highest BCUT2D eigenvalue weighted by atomic mass is 15.1. The molecule has 0 aliphatic rings. The molecule has 4 nitrogen and oxygen atoms in total. The van der Waals surface area contributed by atoms with Crippen LogP contribution in [0.3, 0.4) is 0 Å². The number of nitrogen functional groups attached to an aromatic ring is 1. The van der Waals surface area contributed by atoms with E-state index in [0.717, 1.165) is 33.9 Å². The number of nitrogens with two attached hydrogens (primary N) is 1. The Morgan fingerprint density at radius 1 is 1.17 bits per heavy atom. The van der Waals surface area contributed by atoms with E-state index in [1.165, 1.54) is 0 Å². The average molecular weight is 238 g/mol. The van der Waals surface area contributed by atoms with Crippen molar-refractivity contribution in [1.29, 1.82) is 0 Å². The van der Waals surface area contributed by atoms with E-state index in [-0.39, 0.29) is 0 Å². The van der Waals surface area contributed by atoms with Crippen LogP contribution in [0.1, 0.15) is 11.4 Å². The van der Waals surface area contributed by atoms with Crippen LogP contribution in [0.15, 0.2) is 36.5 Å². The molecule has 0 spiro atoms. The number of pyridine rings is 1. The van der Waals surface area contributed by atoms with Crippen molar-refractivity contribution >= 4 is 16.9 Å². The van der Waals surface area contributed by atoms with Gasteiger partial charge in [0.2, 0.25) is 0 Å². The van der Waals surface area contributed by atoms with Gasteiger partial charge < -0.3 is 5.73 Å². The van der Waals surface area contributed by atoms with Gasteiger partial charge in [-0.25, -0.2) is 9.97 Å². The van der Waals surface area contributed by atoms with Crippen molar-refractivity contribution in [2.24, 2.45) is 0 Å². The summed E-state index contributed by atoms with van der Waals surface area (Å²) in [6.07, 6.45) is 1.78. The third kappa shape index (κ3) is 1.54. The van der Waals surface area contributed by atoms with Crippen molar-refractivity contribution < 1.29 is 0 Å². The number of anilines is 1. The second kappa shape index (κ2) is 3.84. The molecule has 0 saturated carbocycles. The Labute approximate surface area is 105 Å². The Balaban J connectivity index is 2.30. The summed E-state index contributed by atoms with van der Waals surface area (Å²) >= 11 is 0. The zero-order chi connectivity index (χ0) is 12.7. The smallest absolute Gasteiger partial charge is 0.164 e. The van der Waals surface area contributed by atoms with Crippen molar-refractivity contribution in [2.45, 2.75) is 13.8 Å². The van der Waals surface area contributed by atoms with Gasteiger partial charge in [-0.15, -0.1) is 0 Å². The molecule has 0 amide bonds. The summed E-state index contributed by atoms with van der Waals surface area (Å²) in [6.45, 7) is 3.98. The van der Waals surface area contributed by atoms with Gasteiger partial charge in [0.1, 0.15) is 11.3 Å². The lowest BCUT2D eigenvalue weighted by Gasteiger charge is -2.08. The van der Waals surface area contributed by atoms with Crippen molar-refractivity contribution in [3.8, 4) is 5.69 Å². The van der Waals surface area contributed by atoms with Crippen LogP contribution in [0, 0.1) is 13.8 Å². The van der Waals surface area contributed by atoms with Crippen molar-refractivity contribution in [3.05, 3.63) is 47.9 Å². The molecule has 4 heteroatoms. The van der Waals surface area contributed by atoms with Crippen molar-refractivity contribution in [1.82, 2.24) is 14.5 Å². The summed E-state index contributed by atoms with van der Waals surface area (Å²) in [4.78, 5) is 8.91. The van der Waals surface area contributed by atoms with Gasteiger partial charge in [0.25, 0.3) is 0 Å². The number of aromatic nitrogens is 3. The van der Waals surface area contributed by atoms with Crippen molar-refractivity contribution in [3.63, 3.8) is 0 Å². The standard InChI is InChI=1S/C14H14N4/c1-9-8-11(5-6-12(9)15)18-10(2)17-13-4-3-7-16-14(13)18/h3-8H,15H2,1-2H3. The molecule has 0 aliphatic heterocycles. The maximum Gasteiger partial charge on any atom is 0.164 e. The van der Waals surface area contributed by atoms with Crippen LogP contribution < -0.4 is 5.73 Å². The second-order valence-corrected chi connectivity index (χ2v) is 4.38. The lowest BCUT2D eigenvalue weighted by atomic mass is 10.2. The number of benzene rings is 1. The average Bonchev–Trinajstić information content (AvgIpc) is 2.69. The Kier molecular flexibility index (Phi) is 2.30. The maximum absolute atomic E-state index is 5.85. The molecule has 0 unspecified atom stereocenters. The fourth-order valence-corrected chi connectivity index (χ4v) is 2.13. The first-order valence-electron chi connectivity index (χ1n) is 5.83. The number of imidazole rings is 1. The van der Waals surface area contributed by atoms with E-state index in [4.69, 9.17) is 5.73 Å². The molecule has 1 aromatic carbocycles. The topological polar surface area (TPSA) is 56.7 Å². The SMILES string of the molecule is Cc1cc(-n2c(C)nc3cccnc32)ccc1N. The molecule has 0 saturated heterocycles. The third-order valence-electron chi connectivity index (χ3n) is 3.10. The maximum atomic E-state index is 5.85. The molecule has 0 atom stereocenters. The normalized spacial score (nSPS) is 11.0. The van der Waals surface area contributed by atoms with Gasteiger partial charge >= 0.3 is 0 Å². The first-order valence-corrected chi connectivity index (χ1v) is 5.83. The summed E-state index contributed by atoms with van der Waals surface area (Å²) in [5.74, 6) is 0.924. The van der Waals surface area contributed by atoms with E-state index in [2.05, 4.69) is 16.0 Å². The van der Waals surface area contributed by atoms with E-state index in [9.17, 15) is 0 Å². The largest absolute Gasteiger partial charge is 0.399 e. The zero-order valence-corrected chi connectivity index (χ0v) is 10.4. The summed E-state index contributed by atoms with van der Waals surface area (Å²) in [6, 6.07) is 9.82. The monoisotopic (exact) mass is 238 g/mol. The fourth-order valence-electron chi connectivity index (χ4n) is 2.13. The van der Waals surface area contributed by atoms with Crippen LogP contribution in [0.5, 0.6) is 0 Å². The zero-order valence-electron chi connectivity index (χ0n) is 10.4. The quantitative estimate of drug-likeness (QED) is 0.663. The van der Waals surface area contributed by atoms with E-state index < -0.39 is 0 Å². The molecule has 0 fully saturated rings. The molecule has 3 rings (SSSR count). The highest BCUT2D eigenvalue weighted by molar-refractivity contribution is 5.74. The molecule has 90 valence electrons. The predicted molar refractivity (Wildman–Crippen MR) is 72.8 cm³/mol. The molecular formula is C14H14N4. The Morgan fingerprint density at radius 2 is 2.00 bits per heavy atom. The summed E-state index contributed by atoms with van der Waals surface area (Å²) < 4.78 is 2.04. The lowest BCUT2D eigenvalue weighted by molar-refractivity contribution is 0.985. The number of rotatable bonds is 1. The molecule has 0 radical (unpaired) electrons. The van der Waals surface area contributed by atoms with Crippen LogP contribution in [0.25, 0.3) is 16.9 Å². The summed E-state index contributed by atoms with van der Waals surface area (Å²) in [5.41, 5.74) is 10.5. The molecule has 2 heterocycles. The van der Waals surface area contributed by atoms with Gasteiger partial charge in [-0.3, -0.25) is 4.57 Å². The number of hydrogen-bond acceptors (Lipinski definition) is 3. The molecule has 0 aliphatic carbocycles. The van der Waals surface area contributed by atoms with E-state index >= 15 is 0 Å². The highest BCUT2D eigenvalue weighted by Gasteiger charge is 2.10. The minimum atomic E-state index is 0.800. The molecule has 3 aromatic rings. The first-order chi connectivity index (χ1) is 8.66. The van der Waals surface area contributed by atoms with Crippen molar-refractivity contribution in [2.75, 3.05) is 5.73 Å². The minimum Gasteiger partial charge on any atom is -0.399 e. The lowest BCUT2D eigenvalue weighted by Crippen LogP contribution is -1.99. The summed E-state index contributed by atoms with van der Waals surface area (Å²) in [5, 5.41) is 0. The third-order valence-corrected chi connectivity index (χ3v) is 3.10. The molecule has 18 heavy (non-hydrogen) atoms. The van der Waals surface area contributed by atoms with E-state index in [0.29, 0.717) is 0 Å². The Morgan fingerprint density at radius 3 is 2.78 bits per heavy atom. The number of fused-ring (bicyclic) bond motifs is 1. The van der Waals surface area contributed by atoms with Gasteiger partial charge in [0.05, 0.1) is 0 Å². The number of aryl methyl sites for hydroxylation is 2. The van der Waals surface area contributed by atoms with E-state index in [1.54, 1.807) is 6.20 Å². The predicted octanol–water partition coefficient (Wildman–Crippen LogP) is 2.62. The molecule has 0 bridgehead atoms. The summed E-state index contributed by atoms with van der Waals surface area (Å²) in [7, 11) is 0. The number of hydrogen-bond donors (Lipinski definition) is 1. The fraction of sp³-hybridized carbons (Fsp3) is 0.143. The minimum absolute atomic E-state index is 0.800. The van der Waals surface area contributed by atoms with Gasteiger partial charge in [-0.2, -0.15) is 0 Å². The molecule has 2 aromatic heterocycles. The van der Waals surface area contributed by atoms with Crippen LogP contribution >= 0.6 is 0 Å². The van der Waals surface area contributed by atoms with E-state index in [1.807, 2.05) is 42.7 Å². The van der Waals surface area contributed by atoms with Gasteiger partial charge in [-0.1, -0.05) is 0 Å². The number of nitrogens with zero attached hydrogens (tertiary/aromatic N) is 3. The van der Waals surface area contributed by atoms with Gasteiger partial charge in [0.15, 0.2) is 5.65 Å². The van der Waals surface area contributed by atoms with Gasteiger partial charge in [0, 0.05) is 17.6 Å². The van der Waals surface area contributed by atoms with Crippen LogP contribution in [-0.2, 0) is 0 Å². The van der Waals surface area contributed by atoms with Crippen LogP contribution in [0.2, 0.25) is 0 Å². The highest BCUT2D eigenvalue weighted by Crippen LogP contribution is 2.22. The van der Waals surface area contributed by atoms with Crippen LogP contribution in [0.4, 0.5) is 5.69 Å². The Hall–Kier alpha value is -2.36. The Bertz CT molecular complexity index is 728.